The standard InChI is InChI=1S/C12H10ClN3O2/c13-9-1-7(5-14)2-10(4-9)16-6-8(12(15)18)3-11(16)17/h1-2,4,8H,3,6H2,(H2,15,18). The topological polar surface area (TPSA) is 87.2 Å². The zero-order valence-electron chi connectivity index (χ0n) is 9.39. The molecule has 1 unspecified atom stereocenters. The summed E-state index contributed by atoms with van der Waals surface area (Å²) in [5.74, 6) is -1.17. The maximum Gasteiger partial charge on any atom is 0.227 e. The van der Waals surface area contributed by atoms with Crippen LogP contribution in [0.3, 0.4) is 0 Å². The number of nitrogens with zero attached hydrogens (tertiary/aromatic N) is 2. The monoisotopic (exact) mass is 263 g/mol. The quantitative estimate of drug-likeness (QED) is 0.865. The molecule has 0 saturated carbocycles. The number of amides is 2. The van der Waals surface area contributed by atoms with Gasteiger partial charge in [-0.05, 0) is 18.2 Å². The number of carbonyl (C=O) groups excluding carboxylic acids is 2. The van der Waals surface area contributed by atoms with Gasteiger partial charge in [-0.25, -0.2) is 0 Å². The molecule has 1 aromatic carbocycles. The van der Waals surface area contributed by atoms with Crippen molar-refractivity contribution in [3.8, 4) is 6.07 Å². The predicted molar refractivity (Wildman–Crippen MR) is 65.8 cm³/mol. The van der Waals surface area contributed by atoms with Crippen molar-refractivity contribution >= 4 is 29.1 Å². The summed E-state index contributed by atoms with van der Waals surface area (Å²) in [5, 5.41) is 9.22. The summed E-state index contributed by atoms with van der Waals surface area (Å²) in [6.45, 7) is 0.235. The summed E-state index contributed by atoms with van der Waals surface area (Å²) in [5.41, 5.74) is 6.08. The Hall–Kier alpha value is -2.06. The molecular formula is C12H10ClN3O2. The average molecular weight is 264 g/mol. The summed E-state index contributed by atoms with van der Waals surface area (Å²) in [4.78, 5) is 24.3. The maximum absolute atomic E-state index is 11.8. The first-order valence-corrected chi connectivity index (χ1v) is 5.69. The number of anilines is 1. The molecule has 1 aromatic rings. The Kier molecular flexibility index (Phi) is 3.21. The van der Waals surface area contributed by atoms with E-state index in [1.54, 1.807) is 12.1 Å². The molecule has 2 rings (SSSR count). The van der Waals surface area contributed by atoms with Crippen molar-refractivity contribution in [3.63, 3.8) is 0 Å². The first kappa shape index (κ1) is 12.4. The third-order valence-electron chi connectivity index (χ3n) is 2.85. The summed E-state index contributed by atoms with van der Waals surface area (Å²) in [6.07, 6.45) is 0.101. The van der Waals surface area contributed by atoms with Crippen molar-refractivity contribution in [2.75, 3.05) is 11.4 Å². The third-order valence-corrected chi connectivity index (χ3v) is 3.07. The predicted octanol–water partition coefficient (Wildman–Crippen LogP) is 1.05. The normalized spacial score (nSPS) is 18.8. The van der Waals surface area contributed by atoms with E-state index in [-0.39, 0.29) is 18.9 Å². The third kappa shape index (κ3) is 2.29. The lowest BCUT2D eigenvalue weighted by Gasteiger charge is -2.16. The second-order valence-electron chi connectivity index (χ2n) is 4.12. The van der Waals surface area contributed by atoms with Gasteiger partial charge in [0.05, 0.1) is 17.6 Å². The van der Waals surface area contributed by atoms with Crippen LogP contribution in [0, 0.1) is 17.2 Å². The van der Waals surface area contributed by atoms with E-state index >= 15 is 0 Å². The van der Waals surface area contributed by atoms with E-state index in [2.05, 4.69) is 0 Å². The summed E-state index contributed by atoms with van der Waals surface area (Å²) in [6, 6.07) is 6.63. The second kappa shape index (κ2) is 4.67. The van der Waals surface area contributed by atoms with Gasteiger partial charge < -0.3 is 10.6 Å². The van der Waals surface area contributed by atoms with Crippen molar-refractivity contribution in [3.05, 3.63) is 28.8 Å². The fourth-order valence-corrected chi connectivity index (χ4v) is 2.17. The van der Waals surface area contributed by atoms with Crippen LogP contribution in [0.25, 0.3) is 0 Å². The van der Waals surface area contributed by atoms with Gasteiger partial charge in [0.2, 0.25) is 11.8 Å². The molecule has 92 valence electrons. The van der Waals surface area contributed by atoms with E-state index in [4.69, 9.17) is 22.6 Å². The molecule has 2 N–H and O–H groups in total. The van der Waals surface area contributed by atoms with Crippen LogP contribution in [-0.2, 0) is 9.59 Å². The van der Waals surface area contributed by atoms with E-state index in [9.17, 15) is 9.59 Å². The number of halogens is 1. The zero-order chi connectivity index (χ0) is 13.3. The largest absolute Gasteiger partial charge is 0.369 e. The van der Waals surface area contributed by atoms with Gasteiger partial charge in [0.1, 0.15) is 0 Å². The highest BCUT2D eigenvalue weighted by molar-refractivity contribution is 6.31. The fraction of sp³-hybridized carbons (Fsp3) is 0.250. The van der Waals surface area contributed by atoms with Gasteiger partial charge in [-0.3, -0.25) is 9.59 Å². The highest BCUT2D eigenvalue weighted by atomic mass is 35.5. The van der Waals surface area contributed by atoms with E-state index in [0.29, 0.717) is 16.3 Å². The molecule has 0 aliphatic carbocycles. The molecule has 1 aliphatic heterocycles. The molecule has 1 fully saturated rings. The lowest BCUT2D eigenvalue weighted by Crippen LogP contribution is -2.28. The van der Waals surface area contributed by atoms with Crippen LogP contribution in [0.4, 0.5) is 5.69 Å². The van der Waals surface area contributed by atoms with Crippen molar-refractivity contribution in [1.29, 1.82) is 5.26 Å². The molecule has 1 saturated heterocycles. The highest BCUT2D eigenvalue weighted by Crippen LogP contribution is 2.28. The SMILES string of the molecule is N#Cc1cc(Cl)cc(N2CC(C(N)=O)CC2=O)c1. The van der Waals surface area contributed by atoms with Crippen LogP contribution in [0.5, 0.6) is 0 Å². The summed E-state index contributed by atoms with van der Waals surface area (Å²) < 4.78 is 0. The Balaban J connectivity index is 2.33. The van der Waals surface area contributed by atoms with Crippen molar-refractivity contribution in [2.45, 2.75) is 6.42 Å². The molecule has 5 nitrogen and oxygen atoms in total. The van der Waals surface area contributed by atoms with Crippen molar-refractivity contribution in [2.24, 2.45) is 11.7 Å². The maximum atomic E-state index is 11.8. The second-order valence-corrected chi connectivity index (χ2v) is 4.55. The number of hydrogen-bond acceptors (Lipinski definition) is 3. The molecular weight excluding hydrogens is 254 g/mol. The summed E-state index contributed by atoms with van der Waals surface area (Å²) in [7, 11) is 0. The van der Waals surface area contributed by atoms with E-state index in [1.165, 1.54) is 11.0 Å². The number of nitriles is 1. The van der Waals surface area contributed by atoms with Gasteiger partial charge in [0.25, 0.3) is 0 Å². The smallest absolute Gasteiger partial charge is 0.227 e. The van der Waals surface area contributed by atoms with Crippen LogP contribution in [0.1, 0.15) is 12.0 Å². The van der Waals surface area contributed by atoms with Gasteiger partial charge in [-0.1, -0.05) is 11.6 Å². The van der Waals surface area contributed by atoms with E-state index in [1.807, 2.05) is 6.07 Å². The van der Waals surface area contributed by atoms with Gasteiger partial charge in [0, 0.05) is 23.7 Å². The molecule has 1 aliphatic rings. The van der Waals surface area contributed by atoms with E-state index in [0.717, 1.165) is 0 Å². The molecule has 2 amide bonds. The Morgan fingerprint density at radius 3 is 2.78 bits per heavy atom. The van der Waals surface area contributed by atoms with Gasteiger partial charge in [-0.15, -0.1) is 0 Å². The van der Waals surface area contributed by atoms with E-state index < -0.39 is 11.8 Å². The fourth-order valence-electron chi connectivity index (χ4n) is 1.94. The number of primary amides is 1. The Labute approximate surface area is 109 Å². The number of hydrogen-bond donors (Lipinski definition) is 1. The van der Waals surface area contributed by atoms with Gasteiger partial charge in [0.15, 0.2) is 0 Å². The van der Waals surface area contributed by atoms with Crippen LogP contribution in [0.2, 0.25) is 5.02 Å². The lowest BCUT2D eigenvalue weighted by atomic mass is 10.1. The van der Waals surface area contributed by atoms with Crippen LogP contribution < -0.4 is 10.6 Å². The molecule has 18 heavy (non-hydrogen) atoms. The minimum Gasteiger partial charge on any atom is -0.369 e. The van der Waals surface area contributed by atoms with Crippen LogP contribution >= 0.6 is 11.6 Å². The lowest BCUT2D eigenvalue weighted by molar-refractivity contribution is -0.123. The average Bonchev–Trinajstić information content (AvgIpc) is 2.70. The zero-order valence-corrected chi connectivity index (χ0v) is 10.1. The summed E-state index contributed by atoms with van der Waals surface area (Å²) >= 11 is 5.87. The van der Waals surface area contributed by atoms with Gasteiger partial charge >= 0.3 is 0 Å². The minimum absolute atomic E-state index is 0.101. The minimum atomic E-state index is -0.492. The van der Waals surface area contributed by atoms with Crippen LogP contribution in [0.15, 0.2) is 18.2 Å². The Morgan fingerprint density at radius 1 is 1.50 bits per heavy atom. The number of rotatable bonds is 2. The highest BCUT2D eigenvalue weighted by Gasteiger charge is 2.34. The Bertz CT molecular complexity index is 565. The molecule has 0 radical (unpaired) electrons. The molecule has 0 bridgehead atoms. The molecule has 1 atom stereocenters. The van der Waals surface area contributed by atoms with Crippen molar-refractivity contribution < 1.29 is 9.59 Å². The number of benzene rings is 1. The first-order valence-electron chi connectivity index (χ1n) is 5.31. The molecule has 0 aromatic heterocycles. The van der Waals surface area contributed by atoms with Crippen LogP contribution in [-0.4, -0.2) is 18.4 Å². The first-order chi connectivity index (χ1) is 8.51. The van der Waals surface area contributed by atoms with Gasteiger partial charge in [-0.2, -0.15) is 5.26 Å². The molecule has 6 heteroatoms. The van der Waals surface area contributed by atoms with Crippen molar-refractivity contribution in [1.82, 2.24) is 0 Å². The number of nitrogens with two attached hydrogens (primary N) is 1. The number of carbonyl (C=O) groups is 2. The Morgan fingerprint density at radius 2 is 2.22 bits per heavy atom. The molecule has 1 heterocycles. The molecule has 0 spiro atoms.